The van der Waals surface area contributed by atoms with Gasteiger partial charge in [0.25, 0.3) is 5.91 Å². The summed E-state index contributed by atoms with van der Waals surface area (Å²) < 4.78 is 48.0. The molecule has 2 rings (SSSR count). The fourth-order valence-electron chi connectivity index (χ4n) is 2.75. The van der Waals surface area contributed by atoms with Crippen molar-refractivity contribution in [3.63, 3.8) is 0 Å². The number of halogens is 2. The highest BCUT2D eigenvalue weighted by Gasteiger charge is 2.26. The van der Waals surface area contributed by atoms with Crippen molar-refractivity contribution in [3.05, 3.63) is 65.2 Å². The van der Waals surface area contributed by atoms with Crippen molar-refractivity contribution in [3.8, 4) is 0 Å². The molecule has 0 fully saturated rings. The van der Waals surface area contributed by atoms with Crippen LogP contribution in [0.4, 0.5) is 8.78 Å². The first-order chi connectivity index (χ1) is 13.3. The van der Waals surface area contributed by atoms with Crippen LogP contribution in [0.1, 0.15) is 35.3 Å². The largest absolute Gasteiger partial charge is 0.348 e. The highest BCUT2D eigenvalue weighted by atomic mass is 32.2. The minimum atomic E-state index is -4.67. The zero-order valence-electron chi connectivity index (χ0n) is 15.9. The van der Waals surface area contributed by atoms with Crippen LogP contribution in [0.5, 0.6) is 0 Å². The van der Waals surface area contributed by atoms with E-state index in [0.717, 1.165) is 42.9 Å². The van der Waals surface area contributed by atoms with Crippen LogP contribution < -0.4 is 5.32 Å². The Balaban J connectivity index is 2.07. The molecule has 0 heterocycles. The van der Waals surface area contributed by atoms with Gasteiger partial charge in [-0.25, -0.2) is 8.42 Å². The Morgan fingerprint density at radius 2 is 1.57 bits per heavy atom. The number of sulfone groups is 1. The van der Waals surface area contributed by atoms with E-state index < -0.39 is 26.4 Å². The summed E-state index contributed by atoms with van der Waals surface area (Å²) in [6.07, 6.45) is 0. The molecule has 0 atom stereocenters. The Morgan fingerprint density at radius 1 is 1.00 bits per heavy atom. The monoisotopic (exact) mass is 410 g/mol. The Bertz CT molecular complexity index is 896. The minimum Gasteiger partial charge on any atom is -0.348 e. The highest BCUT2D eigenvalue weighted by Crippen LogP contribution is 2.19. The Kier molecular flexibility index (Phi) is 7.65. The summed E-state index contributed by atoms with van der Waals surface area (Å²) in [6, 6.07) is 12.3. The lowest BCUT2D eigenvalue weighted by molar-refractivity contribution is 0.0950. The molecule has 0 aliphatic heterocycles. The van der Waals surface area contributed by atoms with E-state index in [9.17, 15) is 22.0 Å². The van der Waals surface area contributed by atoms with Gasteiger partial charge < -0.3 is 5.32 Å². The Morgan fingerprint density at radius 3 is 2.11 bits per heavy atom. The van der Waals surface area contributed by atoms with Crippen molar-refractivity contribution in [2.45, 2.75) is 37.6 Å². The van der Waals surface area contributed by atoms with E-state index in [4.69, 9.17) is 0 Å². The number of carbonyl (C=O) groups excluding carboxylic acids is 1. The van der Waals surface area contributed by atoms with Gasteiger partial charge in [-0.1, -0.05) is 38.1 Å². The number of carbonyl (C=O) groups is 1. The molecule has 0 aliphatic carbocycles. The molecule has 0 unspecified atom stereocenters. The van der Waals surface area contributed by atoms with Crippen molar-refractivity contribution < 1.29 is 22.0 Å². The summed E-state index contributed by atoms with van der Waals surface area (Å²) in [5.74, 6) is -3.90. The van der Waals surface area contributed by atoms with Crippen molar-refractivity contribution in [2.75, 3.05) is 13.1 Å². The predicted molar refractivity (Wildman–Crippen MR) is 104 cm³/mol. The van der Waals surface area contributed by atoms with Crippen LogP contribution in [0.15, 0.2) is 53.4 Å². The van der Waals surface area contributed by atoms with Gasteiger partial charge in [0, 0.05) is 18.7 Å². The number of benzene rings is 2. The lowest BCUT2D eigenvalue weighted by atomic mass is 10.1. The van der Waals surface area contributed by atoms with E-state index in [0.29, 0.717) is 6.54 Å². The van der Waals surface area contributed by atoms with Crippen LogP contribution in [0.25, 0.3) is 0 Å². The zero-order chi connectivity index (χ0) is 20.7. The average molecular weight is 410 g/mol. The third-order valence-electron chi connectivity index (χ3n) is 4.53. The number of hydrogen-bond acceptors (Lipinski definition) is 4. The molecular weight excluding hydrogens is 386 g/mol. The van der Waals surface area contributed by atoms with Crippen molar-refractivity contribution in [2.24, 2.45) is 0 Å². The summed E-state index contributed by atoms with van der Waals surface area (Å²) >= 11 is 0. The van der Waals surface area contributed by atoms with Crippen LogP contribution >= 0.6 is 0 Å². The molecule has 2 aromatic rings. The Labute approximate surface area is 164 Å². The minimum absolute atomic E-state index is 0.203. The molecule has 8 heteroatoms. The number of hydrogen-bond donors (Lipinski definition) is 1. The SMILES string of the molecule is CCN(CC)Cc1ccccc1CNC(=O)c1ccc(S(=O)(=O)C(F)F)cc1. The molecule has 0 saturated carbocycles. The zero-order valence-corrected chi connectivity index (χ0v) is 16.7. The van der Waals surface area contributed by atoms with Crippen LogP contribution in [-0.4, -0.2) is 38.1 Å². The van der Waals surface area contributed by atoms with Gasteiger partial charge in [-0.05, 0) is 48.5 Å². The van der Waals surface area contributed by atoms with Gasteiger partial charge in [-0.3, -0.25) is 9.69 Å². The molecule has 2 aromatic carbocycles. The molecule has 28 heavy (non-hydrogen) atoms. The van der Waals surface area contributed by atoms with Crippen LogP contribution in [0, 0.1) is 0 Å². The molecule has 0 spiro atoms. The van der Waals surface area contributed by atoms with Gasteiger partial charge in [0.15, 0.2) is 0 Å². The summed E-state index contributed by atoms with van der Waals surface area (Å²) in [6.45, 7) is 7.11. The third kappa shape index (κ3) is 5.36. The molecular formula is C20H24F2N2O3S. The van der Waals surface area contributed by atoms with Gasteiger partial charge in [-0.15, -0.1) is 0 Å². The number of amides is 1. The second kappa shape index (κ2) is 9.75. The maximum atomic E-state index is 12.6. The molecule has 0 saturated heterocycles. The number of alkyl halides is 2. The maximum absolute atomic E-state index is 12.6. The van der Waals surface area contributed by atoms with Crippen LogP contribution in [0.3, 0.4) is 0 Å². The summed E-state index contributed by atoms with van der Waals surface area (Å²) in [5, 5.41) is 2.79. The molecule has 5 nitrogen and oxygen atoms in total. The van der Waals surface area contributed by atoms with Gasteiger partial charge in [0.2, 0.25) is 9.84 Å². The van der Waals surface area contributed by atoms with E-state index in [-0.39, 0.29) is 5.56 Å². The van der Waals surface area contributed by atoms with Gasteiger partial charge in [-0.2, -0.15) is 8.78 Å². The summed E-state index contributed by atoms with van der Waals surface area (Å²) in [5.41, 5.74) is 2.30. The average Bonchev–Trinajstić information content (AvgIpc) is 2.70. The smallest absolute Gasteiger partial charge is 0.341 e. The summed E-state index contributed by atoms with van der Waals surface area (Å²) in [7, 11) is -4.67. The number of nitrogens with zero attached hydrogens (tertiary/aromatic N) is 1. The van der Waals surface area contributed by atoms with E-state index >= 15 is 0 Å². The van der Waals surface area contributed by atoms with Crippen LogP contribution in [0.2, 0.25) is 0 Å². The molecule has 0 bridgehead atoms. The van der Waals surface area contributed by atoms with E-state index in [1.165, 1.54) is 12.1 Å². The fourth-order valence-corrected chi connectivity index (χ4v) is 3.47. The Hall–Kier alpha value is -2.32. The van der Waals surface area contributed by atoms with Gasteiger partial charge in [0.1, 0.15) is 0 Å². The molecule has 0 aromatic heterocycles. The van der Waals surface area contributed by atoms with E-state index in [1.54, 1.807) is 0 Å². The normalized spacial score (nSPS) is 11.8. The third-order valence-corrected chi connectivity index (χ3v) is 5.92. The first-order valence-corrected chi connectivity index (χ1v) is 10.5. The molecule has 152 valence electrons. The second-order valence-electron chi connectivity index (χ2n) is 6.24. The van der Waals surface area contributed by atoms with Crippen molar-refractivity contribution >= 4 is 15.7 Å². The molecule has 1 amide bonds. The lowest BCUT2D eigenvalue weighted by Gasteiger charge is -2.20. The van der Waals surface area contributed by atoms with E-state index in [2.05, 4.69) is 24.1 Å². The van der Waals surface area contributed by atoms with Crippen LogP contribution in [-0.2, 0) is 22.9 Å². The predicted octanol–water partition coefficient (Wildman–Crippen LogP) is 3.45. The standard InChI is InChI=1S/C20H24F2N2O3S/c1-3-24(4-2)14-17-8-6-5-7-16(17)13-23-19(25)15-9-11-18(12-10-15)28(26,27)20(21)22/h5-12,20H,3-4,13-14H2,1-2H3,(H,23,25). The topological polar surface area (TPSA) is 66.5 Å². The maximum Gasteiger partial charge on any atom is 0.341 e. The second-order valence-corrected chi connectivity index (χ2v) is 8.16. The number of rotatable bonds is 9. The lowest BCUT2D eigenvalue weighted by Crippen LogP contribution is -2.26. The van der Waals surface area contributed by atoms with Crippen molar-refractivity contribution in [1.82, 2.24) is 10.2 Å². The molecule has 0 radical (unpaired) electrons. The summed E-state index contributed by atoms with van der Waals surface area (Å²) in [4.78, 5) is 14.1. The van der Waals surface area contributed by atoms with E-state index in [1.807, 2.05) is 24.3 Å². The first kappa shape index (κ1) is 22.0. The first-order valence-electron chi connectivity index (χ1n) is 8.99. The van der Waals surface area contributed by atoms with Crippen molar-refractivity contribution in [1.29, 1.82) is 0 Å². The number of nitrogens with one attached hydrogen (secondary N) is 1. The quantitative estimate of drug-likeness (QED) is 0.688. The fraction of sp³-hybridized carbons (Fsp3) is 0.350. The highest BCUT2D eigenvalue weighted by molar-refractivity contribution is 7.91. The molecule has 0 aliphatic rings. The van der Waals surface area contributed by atoms with Gasteiger partial charge >= 0.3 is 5.76 Å². The molecule has 1 N–H and O–H groups in total. The van der Waals surface area contributed by atoms with Gasteiger partial charge in [0.05, 0.1) is 4.90 Å².